The molecule has 2 aromatic rings. The molecular formula is C14H18N4O2. The molecule has 1 heterocycles. The van der Waals surface area contributed by atoms with E-state index in [1.165, 1.54) is 15.2 Å². The molecule has 0 fully saturated rings. The standard InChI is InChI=1S/C14H18N4O2/c1-2-8-17-13(19)9-12(16-15)18(14(17)20)10-11-6-4-3-5-7-11/h3-7,9,16H,2,8,10,15H2,1H3. The predicted molar refractivity (Wildman–Crippen MR) is 78.6 cm³/mol. The smallest absolute Gasteiger partial charge is 0.310 e. The largest absolute Gasteiger partial charge is 0.332 e. The van der Waals surface area contributed by atoms with Crippen LogP contribution >= 0.6 is 0 Å². The van der Waals surface area contributed by atoms with E-state index >= 15 is 0 Å². The van der Waals surface area contributed by atoms with Gasteiger partial charge in [0.25, 0.3) is 5.56 Å². The van der Waals surface area contributed by atoms with Crippen molar-refractivity contribution in [2.45, 2.75) is 26.4 Å². The van der Waals surface area contributed by atoms with Crippen molar-refractivity contribution in [1.29, 1.82) is 0 Å². The van der Waals surface area contributed by atoms with Crippen molar-refractivity contribution in [2.24, 2.45) is 5.84 Å². The maximum Gasteiger partial charge on any atom is 0.332 e. The van der Waals surface area contributed by atoms with Gasteiger partial charge in [0.15, 0.2) is 0 Å². The first-order valence-corrected chi connectivity index (χ1v) is 6.52. The number of aromatic nitrogens is 2. The fourth-order valence-corrected chi connectivity index (χ4v) is 2.08. The van der Waals surface area contributed by atoms with Gasteiger partial charge in [-0.1, -0.05) is 37.3 Å². The number of anilines is 1. The Bertz CT molecular complexity index is 689. The highest BCUT2D eigenvalue weighted by Crippen LogP contribution is 2.05. The molecule has 0 aliphatic heterocycles. The SMILES string of the molecule is CCCn1c(=O)cc(NN)n(Cc2ccccc2)c1=O. The minimum Gasteiger partial charge on any atom is -0.310 e. The van der Waals surface area contributed by atoms with Crippen LogP contribution in [0.1, 0.15) is 18.9 Å². The molecule has 0 radical (unpaired) electrons. The third-order valence-electron chi connectivity index (χ3n) is 3.06. The van der Waals surface area contributed by atoms with Gasteiger partial charge in [0.05, 0.1) is 6.54 Å². The molecule has 3 N–H and O–H groups in total. The van der Waals surface area contributed by atoms with E-state index in [0.717, 1.165) is 12.0 Å². The number of hydrazine groups is 1. The average Bonchev–Trinajstić information content (AvgIpc) is 2.47. The zero-order valence-corrected chi connectivity index (χ0v) is 11.4. The molecule has 2 rings (SSSR count). The van der Waals surface area contributed by atoms with Gasteiger partial charge < -0.3 is 5.43 Å². The lowest BCUT2D eigenvalue weighted by Crippen LogP contribution is -2.41. The summed E-state index contributed by atoms with van der Waals surface area (Å²) >= 11 is 0. The number of nitrogens with zero attached hydrogens (tertiary/aromatic N) is 2. The third-order valence-corrected chi connectivity index (χ3v) is 3.06. The average molecular weight is 274 g/mol. The van der Waals surface area contributed by atoms with Crippen LogP contribution in [0.15, 0.2) is 46.0 Å². The highest BCUT2D eigenvalue weighted by atomic mass is 16.2. The van der Waals surface area contributed by atoms with Crippen LogP contribution in [-0.4, -0.2) is 9.13 Å². The maximum absolute atomic E-state index is 12.4. The first kappa shape index (κ1) is 14.1. The van der Waals surface area contributed by atoms with Gasteiger partial charge in [0.2, 0.25) is 0 Å². The van der Waals surface area contributed by atoms with Gasteiger partial charge >= 0.3 is 5.69 Å². The molecule has 0 bridgehead atoms. The molecule has 20 heavy (non-hydrogen) atoms. The molecule has 0 spiro atoms. The van der Waals surface area contributed by atoms with Crippen molar-refractivity contribution in [1.82, 2.24) is 9.13 Å². The summed E-state index contributed by atoms with van der Waals surface area (Å²) in [4.78, 5) is 24.3. The Morgan fingerprint density at radius 3 is 2.45 bits per heavy atom. The number of hydrogen-bond acceptors (Lipinski definition) is 4. The van der Waals surface area contributed by atoms with Gasteiger partial charge in [-0.05, 0) is 12.0 Å². The zero-order chi connectivity index (χ0) is 14.5. The second kappa shape index (κ2) is 6.21. The molecule has 0 saturated carbocycles. The van der Waals surface area contributed by atoms with E-state index in [9.17, 15) is 9.59 Å². The van der Waals surface area contributed by atoms with Crippen molar-refractivity contribution >= 4 is 5.82 Å². The molecule has 0 aliphatic rings. The van der Waals surface area contributed by atoms with Gasteiger partial charge in [-0.15, -0.1) is 0 Å². The number of nitrogens with one attached hydrogen (secondary N) is 1. The summed E-state index contributed by atoms with van der Waals surface area (Å²) in [6.45, 7) is 2.68. The molecule has 0 unspecified atom stereocenters. The maximum atomic E-state index is 12.4. The van der Waals surface area contributed by atoms with Crippen molar-refractivity contribution in [2.75, 3.05) is 5.43 Å². The van der Waals surface area contributed by atoms with Gasteiger partial charge in [-0.25, -0.2) is 10.6 Å². The Balaban J connectivity index is 2.53. The zero-order valence-electron chi connectivity index (χ0n) is 11.4. The van der Waals surface area contributed by atoms with Crippen LogP contribution in [-0.2, 0) is 13.1 Å². The fraction of sp³-hybridized carbons (Fsp3) is 0.286. The summed E-state index contributed by atoms with van der Waals surface area (Å²) in [5, 5.41) is 0. The number of nitrogen functional groups attached to an aromatic ring is 1. The van der Waals surface area contributed by atoms with E-state index in [2.05, 4.69) is 5.43 Å². The molecule has 0 saturated heterocycles. The highest BCUT2D eigenvalue weighted by molar-refractivity contribution is 5.33. The molecule has 6 heteroatoms. The van der Waals surface area contributed by atoms with Crippen LogP contribution < -0.4 is 22.5 Å². The first-order chi connectivity index (χ1) is 9.67. The van der Waals surface area contributed by atoms with E-state index < -0.39 is 0 Å². The summed E-state index contributed by atoms with van der Waals surface area (Å²) in [7, 11) is 0. The normalized spacial score (nSPS) is 10.5. The van der Waals surface area contributed by atoms with E-state index in [1.807, 2.05) is 37.3 Å². The van der Waals surface area contributed by atoms with Crippen LogP contribution in [0.25, 0.3) is 0 Å². The summed E-state index contributed by atoms with van der Waals surface area (Å²) < 4.78 is 2.69. The Kier molecular flexibility index (Phi) is 4.37. The molecule has 0 atom stereocenters. The van der Waals surface area contributed by atoms with Crippen molar-refractivity contribution in [3.05, 3.63) is 62.8 Å². The molecular weight excluding hydrogens is 256 g/mol. The molecule has 0 amide bonds. The minimum atomic E-state index is -0.351. The Labute approximate surface area is 116 Å². The van der Waals surface area contributed by atoms with Crippen LogP contribution in [0, 0.1) is 0 Å². The lowest BCUT2D eigenvalue weighted by molar-refractivity contribution is 0.568. The van der Waals surface area contributed by atoms with Crippen LogP contribution in [0.5, 0.6) is 0 Å². The van der Waals surface area contributed by atoms with Gasteiger partial charge in [0.1, 0.15) is 5.82 Å². The van der Waals surface area contributed by atoms with E-state index in [0.29, 0.717) is 18.9 Å². The third kappa shape index (κ3) is 2.80. The molecule has 6 nitrogen and oxygen atoms in total. The Hall–Kier alpha value is -2.34. The number of benzene rings is 1. The minimum absolute atomic E-state index is 0.316. The van der Waals surface area contributed by atoms with Crippen molar-refractivity contribution < 1.29 is 0 Å². The van der Waals surface area contributed by atoms with Crippen LogP contribution in [0.3, 0.4) is 0 Å². The summed E-state index contributed by atoms with van der Waals surface area (Å²) in [6, 6.07) is 10.9. The second-order valence-electron chi connectivity index (χ2n) is 4.52. The van der Waals surface area contributed by atoms with Gasteiger partial charge in [-0.3, -0.25) is 13.9 Å². The van der Waals surface area contributed by atoms with Gasteiger partial charge in [-0.2, -0.15) is 0 Å². The Morgan fingerprint density at radius 2 is 1.85 bits per heavy atom. The van der Waals surface area contributed by atoms with Crippen molar-refractivity contribution in [3.63, 3.8) is 0 Å². The summed E-state index contributed by atoms with van der Waals surface area (Å²) in [5.41, 5.74) is 2.69. The highest BCUT2D eigenvalue weighted by Gasteiger charge is 2.10. The van der Waals surface area contributed by atoms with Gasteiger partial charge in [0, 0.05) is 12.6 Å². The van der Waals surface area contributed by atoms with Crippen molar-refractivity contribution in [3.8, 4) is 0 Å². The lowest BCUT2D eigenvalue weighted by Gasteiger charge is -2.14. The molecule has 1 aromatic heterocycles. The molecule has 0 aliphatic carbocycles. The molecule has 1 aromatic carbocycles. The number of hydrogen-bond donors (Lipinski definition) is 2. The van der Waals surface area contributed by atoms with E-state index in [4.69, 9.17) is 5.84 Å². The summed E-state index contributed by atoms with van der Waals surface area (Å²) in [5.74, 6) is 5.72. The van der Waals surface area contributed by atoms with E-state index in [1.54, 1.807) is 0 Å². The second-order valence-corrected chi connectivity index (χ2v) is 4.52. The lowest BCUT2D eigenvalue weighted by atomic mass is 10.2. The van der Waals surface area contributed by atoms with Crippen LogP contribution in [0.4, 0.5) is 5.82 Å². The topological polar surface area (TPSA) is 82.0 Å². The Morgan fingerprint density at radius 1 is 1.15 bits per heavy atom. The number of nitrogens with two attached hydrogens (primary N) is 1. The first-order valence-electron chi connectivity index (χ1n) is 6.52. The summed E-state index contributed by atoms with van der Waals surface area (Å²) in [6.07, 6.45) is 0.718. The monoisotopic (exact) mass is 274 g/mol. The predicted octanol–water partition coefficient (Wildman–Crippen LogP) is 0.754. The fourth-order valence-electron chi connectivity index (χ4n) is 2.08. The van der Waals surface area contributed by atoms with Crippen LogP contribution in [0.2, 0.25) is 0 Å². The van der Waals surface area contributed by atoms with E-state index in [-0.39, 0.29) is 11.2 Å². The number of rotatable bonds is 5. The quantitative estimate of drug-likeness (QED) is 0.623. The molecule has 106 valence electrons.